The molecular formula is C36H52N5O10P. The number of nitrogen functional groups attached to an aromatic ring is 1. The van der Waals surface area contributed by atoms with Crippen molar-refractivity contribution in [2.45, 2.75) is 98.2 Å². The molecule has 0 bridgehead atoms. The Morgan fingerprint density at radius 3 is 2.31 bits per heavy atom. The highest BCUT2D eigenvalue weighted by atomic mass is 31.2. The van der Waals surface area contributed by atoms with Gasteiger partial charge in [-0.1, -0.05) is 84.7 Å². The summed E-state index contributed by atoms with van der Waals surface area (Å²) in [6.45, 7) is 13.1. The van der Waals surface area contributed by atoms with E-state index in [4.69, 9.17) is 33.7 Å². The number of nitrogens with one attached hydrogen (secondary N) is 1. The Bertz CT molecular complexity index is 1730. The fourth-order valence-corrected chi connectivity index (χ4v) is 7.17. The zero-order valence-electron chi connectivity index (χ0n) is 31.2. The number of nitrogens with zero attached hydrogens (tertiary/aromatic N) is 3. The SMILES string of the molecule is CCC(CC)COC(=O)[C@H](C)NP(=O)(OCc1ccccc1)OC[C@@]1(C)OC[C@@](OC(=O)C(C)C)(c2ccc3c(N)ncnn23)[C@@H]1OC(=O)C(C)C. The van der Waals surface area contributed by atoms with Gasteiger partial charge in [-0.05, 0) is 37.5 Å². The van der Waals surface area contributed by atoms with E-state index < -0.39 is 67.4 Å². The summed E-state index contributed by atoms with van der Waals surface area (Å²) in [6, 6.07) is 11.2. The smallest absolute Gasteiger partial charge is 0.406 e. The number of rotatable bonds is 18. The molecule has 5 atom stereocenters. The Kier molecular flexibility index (Phi) is 13.6. The molecule has 4 rings (SSSR count). The number of anilines is 1. The maximum atomic E-state index is 14.5. The molecule has 0 amide bonds. The van der Waals surface area contributed by atoms with E-state index in [1.54, 1.807) is 71.0 Å². The summed E-state index contributed by atoms with van der Waals surface area (Å²) in [5.74, 6) is -2.65. The molecule has 1 unspecified atom stereocenters. The fraction of sp³-hybridized carbons (Fsp3) is 0.583. The predicted molar refractivity (Wildman–Crippen MR) is 192 cm³/mol. The Morgan fingerprint density at radius 2 is 1.67 bits per heavy atom. The third-order valence-corrected chi connectivity index (χ3v) is 10.7. The van der Waals surface area contributed by atoms with Crippen LogP contribution in [0.1, 0.15) is 79.5 Å². The van der Waals surface area contributed by atoms with Crippen molar-refractivity contribution in [2.24, 2.45) is 17.8 Å². The lowest BCUT2D eigenvalue weighted by molar-refractivity contribution is -0.193. The molecule has 286 valence electrons. The van der Waals surface area contributed by atoms with Gasteiger partial charge in [0, 0.05) is 0 Å². The van der Waals surface area contributed by atoms with Crippen molar-refractivity contribution in [3.63, 3.8) is 0 Å². The van der Waals surface area contributed by atoms with E-state index in [1.165, 1.54) is 17.8 Å². The molecule has 0 radical (unpaired) electrons. The second-order valence-corrected chi connectivity index (χ2v) is 15.7. The van der Waals surface area contributed by atoms with Crippen molar-refractivity contribution in [3.8, 4) is 0 Å². The maximum absolute atomic E-state index is 14.5. The van der Waals surface area contributed by atoms with Gasteiger partial charge in [-0.2, -0.15) is 5.10 Å². The van der Waals surface area contributed by atoms with Crippen LogP contribution in [0.4, 0.5) is 5.82 Å². The second-order valence-electron chi connectivity index (χ2n) is 13.9. The average molecular weight is 746 g/mol. The summed E-state index contributed by atoms with van der Waals surface area (Å²) in [4.78, 5) is 43.8. The van der Waals surface area contributed by atoms with Crippen molar-refractivity contribution in [2.75, 3.05) is 25.6 Å². The number of carbonyl (C=O) groups excluding carboxylic acids is 3. The number of hydrogen-bond donors (Lipinski definition) is 2. The topological polar surface area (TPSA) is 192 Å². The van der Waals surface area contributed by atoms with Gasteiger partial charge < -0.3 is 24.7 Å². The summed E-state index contributed by atoms with van der Waals surface area (Å²) in [5, 5.41) is 7.07. The highest BCUT2D eigenvalue weighted by Gasteiger charge is 2.64. The Morgan fingerprint density at radius 1 is 1.00 bits per heavy atom. The molecule has 3 N–H and O–H groups in total. The summed E-state index contributed by atoms with van der Waals surface area (Å²) >= 11 is 0. The third kappa shape index (κ3) is 9.37. The van der Waals surface area contributed by atoms with E-state index in [2.05, 4.69) is 15.2 Å². The van der Waals surface area contributed by atoms with E-state index >= 15 is 0 Å². The van der Waals surface area contributed by atoms with E-state index in [0.29, 0.717) is 16.8 Å². The van der Waals surface area contributed by atoms with Crippen LogP contribution < -0.4 is 10.8 Å². The number of benzene rings is 1. The van der Waals surface area contributed by atoms with Gasteiger partial charge in [-0.3, -0.25) is 23.4 Å². The lowest BCUT2D eigenvalue weighted by Gasteiger charge is -2.38. The van der Waals surface area contributed by atoms with Gasteiger partial charge in [-0.15, -0.1) is 0 Å². The highest BCUT2D eigenvalue weighted by Crippen LogP contribution is 2.51. The summed E-state index contributed by atoms with van der Waals surface area (Å²) in [5.41, 5.74) is 4.19. The van der Waals surface area contributed by atoms with Crippen LogP contribution in [0.25, 0.3) is 5.52 Å². The van der Waals surface area contributed by atoms with Crippen molar-refractivity contribution >= 4 is 37.0 Å². The zero-order chi connectivity index (χ0) is 38.3. The number of carbonyl (C=O) groups is 3. The standard InChI is InChI=1S/C36H52N5O10P/c1-9-26(10-2)18-46-33(44)25(7)40-52(45,48-19-27-14-12-11-13-15-27)49-20-35(8)34(50-31(42)23(3)4)36(21-47-35,51-32(43)24(5)6)29-17-16-28-30(37)38-22-39-41(28)29/h11-17,22-26,34H,9-10,18-21H2,1-8H3,(H,40,45)(H2,37,38,39)/t25-,34+,35+,36+,52?/m0/s1. The summed E-state index contributed by atoms with van der Waals surface area (Å²) in [6.07, 6.45) is 1.56. The summed E-state index contributed by atoms with van der Waals surface area (Å²) < 4.78 is 52.2. The Hall–Kier alpha value is -3.88. The monoisotopic (exact) mass is 745 g/mol. The molecule has 1 fully saturated rings. The number of esters is 3. The molecule has 1 aromatic carbocycles. The quantitative estimate of drug-likeness (QED) is 0.0960. The van der Waals surface area contributed by atoms with Gasteiger partial charge in [0.1, 0.15) is 23.5 Å². The van der Waals surface area contributed by atoms with Crippen LogP contribution in [-0.2, 0) is 59.2 Å². The van der Waals surface area contributed by atoms with Crippen molar-refractivity contribution in [3.05, 3.63) is 60.0 Å². The molecule has 16 heteroatoms. The molecule has 0 aliphatic carbocycles. The van der Waals surface area contributed by atoms with Gasteiger partial charge in [0.25, 0.3) is 0 Å². The normalized spacial score (nSPS) is 22.1. The first kappa shape index (κ1) is 40.9. The maximum Gasteiger partial charge on any atom is 0.406 e. The zero-order valence-corrected chi connectivity index (χ0v) is 32.1. The van der Waals surface area contributed by atoms with Gasteiger partial charge in [0.2, 0.25) is 5.60 Å². The molecular weight excluding hydrogens is 693 g/mol. The van der Waals surface area contributed by atoms with Crippen LogP contribution in [0.2, 0.25) is 0 Å². The van der Waals surface area contributed by atoms with Crippen LogP contribution in [-0.4, -0.2) is 70.1 Å². The molecule has 2 aromatic heterocycles. The second kappa shape index (κ2) is 17.3. The number of hydrogen-bond acceptors (Lipinski definition) is 13. The van der Waals surface area contributed by atoms with E-state index in [9.17, 15) is 18.9 Å². The van der Waals surface area contributed by atoms with Crippen LogP contribution in [0.5, 0.6) is 0 Å². The first-order valence-electron chi connectivity index (χ1n) is 17.6. The van der Waals surface area contributed by atoms with Crippen LogP contribution >= 0.6 is 7.75 Å². The number of ether oxygens (including phenoxy) is 4. The van der Waals surface area contributed by atoms with E-state index in [-0.39, 0.29) is 31.6 Å². The molecule has 1 aliphatic heterocycles. The minimum absolute atomic E-state index is 0.128. The molecule has 1 aliphatic rings. The molecule has 52 heavy (non-hydrogen) atoms. The minimum atomic E-state index is -4.34. The van der Waals surface area contributed by atoms with Gasteiger partial charge >= 0.3 is 25.7 Å². The minimum Gasteiger partial charge on any atom is -0.464 e. The molecule has 0 spiro atoms. The summed E-state index contributed by atoms with van der Waals surface area (Å²) in [7, 11) is -4.34. The molecule has 1 saturated heterocycles. The van der Waals surface area contributed by atoms with Crippen LogP contribution in [0.3, 0.4) is 0 Å². The van der Waals surface area contributed by atoms with Crippen molar-refractivity contribution < 1.29 is 46.9 Å². The lowest BCUT2D eigenvalue weighted by atomic mass is 9.85. The molecule has 15 nitrogen and oxygen atoms in total. The molecule has 3 heterocycles. The lowest BCUT2D eigenvalue weighted by Crippen LogP contribution is -2.55. The number of aromatic nitrogens is 3. The highest BCUT2D eigenvalue weighted by molar-refractivity contribution is 7.51. The van der Waals surface area contributed by atoms with Gasteiger partial charge in [-0.25, -0.2) is 19.2 Å². The Balaban J connectivity index is 1.72. The van der Waals surface area contributed by atoms with E-state index in [0.717, 1.165) is 12.8 Å². The first-order chi connectivity index (χ1) is 24.6. The molecule has 0 saturated carbocycles. The van der Waals surface area contributed by atoms with Crippen LogP contribution in [0, 0.1) is 17.8 Å². The average Bonchev–Trinajstić information content (AvgIpc) is 3.68. The van der Waals surface area contributed by atoms with Crippen molar-refractivity contribution in [1.29, 1.82) is 0 Å². The van der Waals surface area contributed by atoms with Crippen LogP contribution in [0.15, 0.2) is 48.8 Å². The Labute approximate surface area is 304 Å². The van der Waals surface area contributed by atoms with Gasteiger partial charge in [0.15, 0.2) is 11.9 Å². The third-order valence-electron chi connectivity index (χ3n) is 9.06. The van der Waals surface area contributed by atoms with E-state index in [1.807, 2.05) is 19.9 Å². The number of fused-ring (bicyclic) bond motifs is 1. The molecule has 3 aromatic rings. The number of nitrogens with two attached hydrogens (primary N) is 1. The van der Waals surface area contributed by atoms with Crippen molar-refractivity contribution in [1.82, 2.24) is 19.7 Å². The van der Waals surface area contributed by atoms with Gasteiger partial charge in [0.05, 0.1) is 44.0 Å². The predicted octanol–water partition coefficient (Wildman–Crippen LogP) is 5.36. The fourth-order valence-electron chi connectivity index (χ4n) is 5.62. The largest absolute Gasteiger partial charge is 0.464 e. The first-order valence-corrected chi connectivity index (χ1v) is 19.2.